The molecule has 2 aliphatic rings. The van der Waals surface area contributed by atoms with E-state index >= 15 is 0 Å². The Morgan fingerprint density at radius 3 is 2.80 bits per heavy atom. The molecule has 6 nitrogen and oxygen atoms in total. The standard InChI is InChI=1S/C17H17BrFN3O3/c1-9-6-11-14(18)13(19)7-12-15(11)21(9)3-2-10-8-20(17(24)25)4-5-22(10)16(12)23/h6-7,10H,2-5,8H2,1H3,(H,24,25)/t10-/m0/s1. The van der Waals surface area contributed by atoms with Gasteiger partial charge >= 0.3 is 6.09 Å². The summed E-state index contributed by atoms with van der Waals surface area (Å²) >= 11 is 3.29. The third-order valence-electron chi connectivity index (χ3n) is 5.21. The zero-order chi connectivity index (χ0) is 17.9. The van der Waals surface area contributed by atoms with Crippen LogP contribution in [0.5, 0.6) is 0 Å². The quantitative estimate of drug-likeness (QED) is 0.726. The Bertz CT molecular complexity index is 910. The third-order valence-corrected chi connectivity index (χ3v) is 6.01. The van der Waals surface area contributed by atoms with E-state index in [4.69, 9.17) is 0 Å². The van der Waals surface area contributed by atoms with Gasteiger partial charge in [0.1, 0.15) is 5.82 Å². The number of fused-ring (bicyclic) bond motifs is 1. The highest BCUT2D eigenvalue weighted by Crippen LogP contribution is 2.35. The summed E-state index contributed by atoms with van der Waals surface area (Å²) in [6.07, 6.45) is -0.307. The zero-order valence-corrected chi connectivity index (χ0v) is 15.2. The highest BCUT2D eigenvalue weighted by atomic mass is 79.9. The molecule has 0 unspecified atom stereocenters. The van der Waals surface area contributed by atoms with Crippen LogP contribution in [0.25, 0.3) is 10.9 Å². The monoisotopic (exact) mass is 409 g/mol. The van der Waals surface area contributed by atoms with Crippen molar-refractivity contribution >= 4 is 38.8 Å². The minimum atomic E-state index is -0.968. The summed E-state index contributed by atoms with van der Waals surface area (Å²) in [6, 6.07) is 2.97. The van der Waals surface area contributed by atoms with E-state index in [0.717, 1.165) is 11.2 Å². The number of carboxylic acid groups (broad SMARTS) is 1. The number of rotatable bonds is 0. The highest BCUT2D eigenvalue weighted by molar-refractivity contribution is 9.10. The van der Waals surface area contributed by atoms with Gasteiger partial charge in [-0.15, -0.1) is 0 Å². The van der Waals surface area contributed by atoms with E-state index < -0.39 is 11.9 Å². The molecule has 0 bridgehead atoms. The average Bonchev–Trinajstić information content (AvgIpc) is 2.90. The van der Waals surface area contributed by atoms with E-state index in [1.165, 1.54) is 11.0 Å². The van der Waals surface area contributed by atoms with Crippen molar-refractivity contribution in [2.45, 2.75) is 25.9 Å². The zero-order valence-electron chi connectivity index (χ0n) is 13.6. The number of hydrogen-bond acceptors (Lipinski definition) is 2. The number of hydrogen-bond donors (Lipinski definition) is 1. The first-order valence-corrected chi connectivity index (χ1v) is 8.94. The Morgan fingerprint density at radius 2 is 2.08 bits per heavy atom. The van der Waals surface area contributed by atoms with Crippen LogP contribution >= 0.6 is 15.9 Å². The SMILES string of the molecule is Cc1cc2c(Br)c(F)cc3c2n1CC[C@H]1CN(C(=O)O)CCN1C3=O. The molecule has 1 aromatic heterocycles. The highest BCUT2D eigenvalue weighted by Gasteiger charge is 2.36. The molecule has 1 N–H and O–H groups in total. The fourth-order valence-corrected chi connectivity index (χ4v) is 4.37. The first kappa shape index (κ1) is 16.4. The van der Waals surface area contributed by atoms with Gasteiger partial charge in [-0.25, -0.2) is 9.18 Å². The summed E-state index contributed by atoms with van der Waals surface area (Å²) in [6.45, 7) is 3.48. The van der Waals surface area contributed by atoms with Gasteiger partial charge in [0.05, 0.1) is 21.6 Å². The molecular formula is C17H17BrFN3O3. The second kappa shape index (κ2) is 5.72. The van der Waals surface area contributed by atoms with Crippen molar-refractivity contribution in [1.82, 2.24) is 14.4 Å². The van der Waals surface area contributed by atoms with Gasteiger partial charge in [0.25, 0.3) is 5.91 Å². The molecule has 1 aromatic carbocycles. The van der Waals surface area contributed by atoms with Gasteiger partial charge in [-0.05, 0) is 41.4 Å². The van der Waals surface area contributed by atoms with E-state index in [9.17, 15) is 19.1 Å². The molecule has 8 heteroatoms. The molecule has 132 valence electrons. The van der Waals surface area contributed by atoms with Crippen LogP contribution in [-0.2, 0) is 6.54 Å². The number of aryl methyl sites for hydroxylation is 2. The van der Waals surface area contributed by atoms with Gasteiger partial charge in [0.2, 0.25) is 0 Å². The third kappa shape index (κ3) is 2.42. The van der Waals surface area contributed by atoms with Crippen molar-refractivity contribution in [3.63, 3.8) is 0 Å². The van der Waals surface area contributed by atoms with Crippen LogP contribution in [0.3, 0.4) is 0 Å². The van der Waals surface area contributed by atoms with Crippen LogP contribution in [0.2, 0.25) is 0 Å². The van der Waals surface area contributed by atoms with Crippen LogP contribution < -0.4 is 0 Å². The lowest BCUT2D eigenvalue weighted by Crippen LogP contribution is -2.57. The predicted octanol–water partition coefficient (Wildman–Crippen LogP) is 3.06. The minimum absolute atomic E-state index is 0.200. The second-order valence-electron chi connectivity index (χ2n) is 6.59. The molecule has 0 spiro atoms. The van der Waals surface area contributed by atoms with Crippen LogP contribution in [0.4, 0.5) is 9.18 Å². The Labute approximate surface area is 151 Å². The lowest BCUT2D eigenvalue weighted by Gasteiger charge is -2.41. The molecule has 1 fully saturated rings. The number of amides is 2. The van der Waals surface area contributed by atoms with Gasteiger partial charge in [-0.3, -0.25) is 4.79 Å². The molecule has 1 atom stereocenters. The number of benzene rings is 1. The molecule has 2 aromatic rings. The molecule has 2 aliphatic heterocycles. The summed E-state index contributed by atoms with van der Waals surface area (Å²) in [5.74, 6) is -0.695. The van der Waals surface area contributed by atoms with Crippen molar-refractivity contribution in [3.8, 4) is 0 Å². The first-order valence-electron chi connectivity index (χ1n) is 8.15. The molecule has 4 rings (SSSR count). The maximum Gasteiger partial charge on any atom is 0.407 e. The summed E-state index contributed by atoms with van der Waals surface area (Å²) in [4.78, 5) is 27.4. The van der Waals surface area contributed by atoms with Gasteiger partial charge in [0, 0.05) is 37.3 Å². The summed E-state index contributed by atoms with van der Waals surface area (Å²) < 4.78 is 16.7. The second-order valence-corrected chi connectivity index (χ2v) is 7.38. The molecule has 2 amide bonds. The van der Waals surface area contributed by atoms with E-state index in [1.807, 2.05) is 17.6 Å². The van der Waals surface area contributed by atoms with Crippen LogP contribution in [0.15, 0.2) is 16.6 Å². The summed E-state index contributed by atoms with van der Waals surface area (Å²) in [5, 5.41) is 9.94. The first-order chi connectivity index (χ1) is 11.9. The Kier molecular flexibility index (Phi) is 3.75. The fourth-order valence-electron chi connectivity index (χ4n) is 3.95. The van der Waals surface area contributed by atoms with Crippen molar-refractivity contribution in [3.05, 3.63) is 33.7 Å². The number of carbonyl (C=O) groups is 2. The molecule has 1 saturated heterocycles. The molecule has 25 heavy (non-hydrogen) atoms. The van der Waals surface area contributed by atoms with Crippen molar-refractivity contribution in [2.75, 3.05) is 19.6 Å². The van der Waals surface area contributed by atoms with Crippen LogP contribution in [-0.4, -0.2) is 57.1 Å². The maximum absolute atomic E-state index is 14.3. The van der Waals surface area contributed by atoms with Crippen LogP contribution in [0.1, 0.15) is 22.5 Å². The predicted molar refractivity (Wildman–Crippen MR) is 93.4 cm³/mol. The van der Waals surface area contributed by atoms with E-state index in [1.54, 1.807) is 4.90 Å². The van der Waals surface area contributed by atoms with E-state index in [2.05, 4.69) is 15.9 Å². The number of piperazine rings is 1. The van der Waals surface area contributed by atoms with Crippen molar-refractivity contribution in [2.24, 2.45) is 0 Å². The molecule has 0 aliphatic carbocycles. The van der Waals surface area contributed by atoms with E-state index in [0.29, 0.717) is 41.5 Å². The molecule has 0 radical (unpaired) electrons. The average molecular weight is 410 g/mol. The van der Waals surface area contributed by atoms with Crippen molar-refractivity contribution < 1.29 is 19.1 Å². The van der Waals surface area contributed by atoms with Gasteiger partial charge in [0.15, 0.2) is 0 Å². The van der Waals surface area contributed by atoms with Crippen LogP contribution in [0, 0.1) is 12.7 Å². The number of aromatic nitrogens is 1. The summed E-state index contributed by atoms with van der Waals surface area (Å²) in [5.41, 5.74) is 2.04. The molecule has 0 saturated carbocycles. The lowest BCUT2D eigenvalue weighted by atomic mass is 10.0. The van der Waals surface area contributed by atoms with E-state index in [-0.39, 0.29) is 18.5 Å². The number of nitrogens with zero attached hydrogens (tertiary/aromatic N) is 3. The molecule has 3 heterocycles. The fraction of sp³-hybridized carbons (Fsp3) is 0.412. The van der Waals surface area contributed by atoms with Gasteiger partial charge in [-0.2, -0.15) is 0 Å². The van der Waals surface area contributed by atoms with Crippen molar-refractivity contribution in [1.29, 1.82) is 0 Å². The van der Waals surface area contributed by atoms with Gasteiger partial charge < -0.3 is 19.5 Å². The number of halogens is 2. The van der Waals surface area contributed by atoms with Gasteiger partial charge in [-0.1, -0.05) is 0 Å². The Balaban J connectivity index is 1.86. The molecular weight excluding hydrogens is 393 g/mol. The summed E-state index contributed by atoms with van der Waals surface area (Å²) in [7, 11) is 0. The maximum atomic E-state index is 14.3. The Morgan fingerprint density at radius 1 is 1.32 bits per heavy atom. The topological polar surface area (TPSA) is 65.8 Å². The smallest absolute Gasteiger partial charge is 0.407 e. The lowest BCUT2D eigenvalue weighted by molar-refractivity contribution is 0.0419. The minimum Gasteiger partial charge on any atom is -0.465 e. The number of carbonyl (C=O) groups excluding carboxylic acids is 1. The normalized spacial score (nSPS) is 20.4. The largest absolute Gasteiger partial charge is 0.465 e. The Hall–Kier alpha value is -2.09.